The molecule has 0 radical (unpaired) electrons. The molecule has 4 heteroatoms. The summed E-state index contributed by atoms with van der Waals surface area (Å²) in [6, 6.07) is 5.55. The Labute approximate surface area is 130 Å². The average molecular weight is 312 g/mol. The fourth-order valence-corrected chi connectivity index (χ4v) is 2.95. The van der Waals surface area contributed by atoms with Gasteiger partial charge in [-0.3, -0.25) is 4.79 Å². The Morgan fingerprint density at radius 1 is 1.15 bits per heavy atom. The third kappa shape index (κ3) is 4.84. The van der Waals surface area contributed by atoms with Gasteiger partial charge in [0.05, 0.1) is 0 Å². The maximum absolute atomic E-state index is 11.9. The molecule has 20 heavy (non-hydrogen) atoms. The Hall–Kier alpha value is -0.990. The van der Waals surface area contributed by atoms with Gasteiger partial charge in [-0.1, -0.05) is 55.0 Å². The molecule has 1 saturated carbocycles. The van der Waals surface area contributed by atoms with Gasteiger partial charge in [-0.05, 0) is 36.6 Å². The monoisotopic (exact) mass is 311 g/mol. The molecule has 1 N–H and O–H groups in total. The minimum Gasteiger partial charge on any atom is -0.350 e. The highest BCUT2D eigenvalue weighted by Crippen LogP contribution is 2.22. The van der Waals surface area contributed by atoms with Crippen LogP contribution in [0, 0.1) is 0 Å². The van der Waals surface area contributed by atoms with Crippen molar-refractivity contribution in [2.45, 2.75) is 44.6 Å². The second-order valence-corrected chi connectivity index (χ2v) is 6.04. The summed E-state index contributed by atoms with van der Waals surface area (Å²) in [5.41, 5.74) is 0.798. The number of hydrogen-bond acceptors (Lipinski definition) is 1. The van der Waals surface area contributed by atoms with Crippen LogP contribution in [-0.2, 0) is 4.79 Å². The van der Waals surface area contributed by atoms with Gasteiger partial charge in [-0.2, -0.15) is 0 Å². The zero-order valence-corrected chi connectivity index (χ0v) is 12.9. The van der Waals surface area contributed by atoms with Crippen molar-refractivity contribution < 1.29 is 4.79 Å². The molecule has 0 saturated heterocycles. The van der Waals surface area contributed by atoms with Crippen molar-refractivity contribution >= 4 is 35.2 Å². The molecule has 0 heterocycles. The highest BCUT2D eigenvalue weighted by Gasteiger charge is 2.13. The van der Waals surface area contributed by atoms with E-state index >= 15 is 0 Å². The lowest BCUT2D eigenvalue weighted by molar-refractivity contribution is -0.117. The lowest BCUT2D eigenvalue weighted by atomic mass is 10.1. The topological polar surface area (TPSA) is 29.1 Å². The molecule has 1 aliphatic carbocycles. The van der Waals surface area contributed by atoms with E-state index in [-0.39, 0.29) is 5.91 Å². The second kappa shape index (κ2) is 7.70. The molecule has 108 valence electrons. The van der Waals surface area contributed by atoms with E-state index in [1.54, 1.807) is 30.4 Å². The molecule has 0 atom stereocenters. The maximum atomic E-state index is 11.9. The minimum absolute atomic E-state index is 0.0529. The number of halogens is 2. The van der Waals surface area contributed by atoms with Crippen molar-refractivity contribution in [3.05, 3.63) is 39.9 Å². The quantitative estimate of drug-likeness (QED) is 0.627. The van der Waals surface area contributed by atoms with Crippen molar-refractivity contribution in [2.24, 2.45) is 0 Å². The SMILES string of the molecule is O=C(C=Cc1ccc(Cl)cc1Cl)NC1CCCCCC1. The first-order chi connectivity index (χ1) is 9.65. The Kier molecular flexibility index (Phi) is 5.93. The second-order valence-electron chi connectivity index (χ2n) is 5.20. The summed E-state index contributed by atoms with van der Waals surface area (Å²) < 4.78 is 0. The first-order valence-electron chi connectivity index (χ1n) is 7.09. The number of carbonyl (C=O) groups is 1. The van der Waals surface area contributed by atoms with Crippen LogP contribution in [0.1, 0.15) is 44.1 Å². The molecule has 2 nitrogen and oxygen atoms in total. The smallest absolute Gasteiger partial charge is 0.244 e. The van der Waals surface area contributed by atoms with Crippen LogP contribution < -0.4 is 5.32 Å². The van der Waals surface area contributed by atoms with Gasteiger partial charge in [0.25, 0.3) is 0 Å². The van der Waals surface area contributed by atoms with Gasteiger partial charge in [-0.15, -0.1) is 0 Å². The minimum atomic E-state index is -0.0529. The van der Waals surface area contributed by atoms with Gasteiger partial charge < -0.3 is 5.32 Å². The van der Waals surface area contributed by atoms with Crippen LogP contribution in [0.15, 0.2) is 24.3 Å². The van der Waals surface area contributed by atoms with E-state index < -0.39 is 0 Å². The Balaban J connectivity index is 1.91. The van der Waals surface area contributed by atoms with Crippen molar-refractivity contribution in [2.75, 3.05) is 0 Å². The van der Waals surface area contributed by atoms with Crippen molar-refractivity contribution in [3.63, 3.8) is 0 Å². The largest absolute Gasteiger partial charge is 0.350 e. The highest BCUT2D eigenvalue weighted by molar-refractivity contribution is 6.35. The van der Waals surface area contributed by atoms with Gasteiger partial charge in [0.1, 0.15) is 0 Å². The molecule has 1 amide bonds. The van der Waals surface area contributed by atoms with E-state index in [1.807, 2.05) is 0 Å². The molecular weight excluding hydrogens is 293 g/mol. The van der Waals surface area contributed by atoms with Gasteiger partial charge in [0, 0.05) is 22.2 Å². The molecule has 0 bridgehead atoms. The summed E-state index contributed by atoms with van der Waals surface area (Å²) in [6.07, 6.45) is 10.4. The first-order valence-corrected chi connectivity index (χ1v) is 7.84. The van der Waals surface area contributed by atoms with Gasteiger partial charge in [0.15, 0.2) is 0 Å². The number of rotatable bonds is 3. The van der Waals surface area contributed by atoms with Gasteiger partial charge in [-0.25, -0.2) is 0 Å². The van der Waals surface area contributed by atoms with Crippen LogP contribution in [0.25, 0.3) is 6.08 Å². The third-order valence-electron chi connectivity index (χ3n) is 3.58. The fourth-order valence-electron chi connectivity index (χ4n) is 2.48. The van der Waals surface area contributed by atoms with Crippen molar-refractivity contribution in [1.29, 1.82) is 0 Å². The van der Waals surface area contributed by atoms with E-state index in [0.717, 1.165) is 18.4 Å². The molecule has 1 aliphatic rings. The first kappa shape index (κ1) is 15.4. The lowest BCUT2D eigenvalue weighted by Crippen LogP contribution is -2.33. The van der Waals surface area contributed by atoms with Crippen LogP contribution in [0.4, 0.5) is 0 Å². The number of carbonyl (C=O) groups excluding carboxylic acids is 1. The predicted octanol–water partition coefficient (Wildman–Crippen LogP) is 4.85. The van der Waals surface area contributed by atoms with Crippen LogP contribution in [-0.4, -0.2) is 11.9 Å². The van der Waals surface area contributed by atoms with Crippen molar-refractivity contribution in [1.82, 2.24) is 5.32 Å². The zero-order chi connectivity index (χ0) is 14.4. The van der Waals surface area contributed by atoms with E-state index in [0.29, 0.717) is 16.1 Å². The number of hydrogen-bond donors (Lipinski definition) is 1. The molecule has 0 aromatic heterocycles. The maximum Gasteiger partial charge on any atom is 0.244 e. The molecule has 1 aromatic rings. The summed E-state index contributed by atoms with van der Waals surface area (Å²) >= 11 is 11.9. The number of amides is 1. The lowest BCUT2D eigenvalue weighted by Gasteiger charge is -2.14. The third-order valence-corrected chi connectivity index (χ3v) is 4.14. The molecule has 0 spiro atoms. The summed E-state index contributed by atoms with van der Waals surface area (Å²) in [7, 11) is 0. The summed E-state index contributed by atoms with van der Waals surface area (Å²) in [6.45, 7) is 0. The predicted molar refractivity (Wildman–Crippen MR) is 85.1 cm³/mol. The van der Waals surface area contributed by atoms with Crippen LogP contribution in [0.5, 0.6) is 0 Å². The molecule has 0 unspecified atom stereocenters. The van der Waals surface area contributed by atoms with Crippen molar-refractivity contribution in [3.8, 4) is 0 Å². The Morgan fingerprint density at radius 2 is 1.85 bits per heavy atom. The van der Waals surface area contributed by atoms with E-state index in [9.17, 15) is 4.79 Å². The average Bonchev–Trinajstić information content (AvgIpc) is 2.66. The van der Waals surface area contributed by atoms with E-state index in [4.69, 9.17) is 23.2 Å². The summed E-state index contributed by atoms with van der Waals surface area (Å²) in [5.74, 6) is -0.0529. The Morgan fingerprint density at radius 3 is 2.50 bits per heavy atom. The molecular formula is C16H19Cl2NO. The van der Waals surface area contributed by atoms with Gasteiger partial charge >= 0.3 is 0 Å². The highest BCUT2D eigenvalue weighted by atomic mass is 35.5. The van der Waals surface area contributed by atoms with E-state index in [2.05, 4.69) is 5.32 Å². The normalized spacial score (nSPS) is 17.1. The van der Waals surface area contributed by atoms with Crippen LogP contribution in [0.3, 0.4) is 0 Å². The van der Waals surface area contributed by atoms with E-state index in [1.165, 1.54) is 25.7 Å². The number of benzene rings is 1. The molecule has 2 rings (SSSR count). The standard InChI is InChI=1S/C16H19Cl2NO/c17-13-9-7-12(15(18)11-13)8-10-16(20)19-14-5-3-1-2-4-6-14/h7-11,14H,1-6H2,(H,19,20). The van der Waals surface area contributed by atoms with Crippen LogP contribution in [0.2, 0.25) is 10.0 Å². The van der Waals surface area contributed by atoms with Crippen LogP contribution >= 0.6 is 23.2 Å². The summed E-state index contributed by atoms with van der Waals surface area (Å²) in [4.78, 5) is 11.9. The number of nitrogens with one attached hydrogen (secondary N) is 1. The Bertz CT molecular complexity index is 491. The van der Waals surface area contributed by atoms with Gasteiger partial charge in [0.2, 0.25) is 5.91 Å². The molecule has 0 aliphatic heterocycles. The fraction of sp³-hybridized carbons (Fsp3) is 0.438. The zero-order valence-electron chi connectivity index (χ0n) is 11.4. The molecule has 1 fully saturated rings. The molecule has 1 aromatic carbocycles. The summed E-state index contributed by atoms with van der Waals surface area (Å²) in [5, 5.41) is 4.21.